The minimum absolute atomic E-state index is 0.283. The molecule has 2 atom stereocenters. The Balaban J connectivity index is 4.73. The first-order chi connectivity index (χ1) is 6.05. The van der Waals surface area contributed by atoms with Crippen molar-refractivity contribution in [2.45, 2.75) is 45.8 Å². The molecule has 0 heterocycles. The van der Waals surface area contributed by atoms with Crippen LogP contribution in [0.4, 0.5) is 0 Å². The van der Waals surface area contributed by atoms with Crippen LogP contribution in [0.25, 0.3) is 0 Å². The zero-order chi connectivity index (χ0) is 10.5. The van der Waals surface area contributed by atoms with Gasteiger partial charge in [0.25, 0.3) is 0 Å². The molecule has 0 bridgehead atoms. The molecule has 0 fully saturated rings. The predicted molar refractivity (Wildman–Crippen MR) is 55.7 cm³/mol. The van der Waals surface area contributed by atoms with Gasteiger partial charge in [0, 0.05) is 6.61 Å². The average molecular weight is 186 g/mol. The van der Waals surface area contributed by atoms with Crippen LogP contribution in [0.1, 0.15) is 34.1 Å². The number of ether oxygens (including phenoxy) is 1. The van der Waals surface area contributed by atoms with E-state index in [0.717, 1.165) is 6.42 Å². The number of hydrogen-bond acceptors (Lipinski definition) is 2. The van der Waals surface area contributed by atoms with Crippen LogP contribution in [0.5, 0.6) is 0 Å². The van der Waals surface area contributed by atoms with Crippen LogP contribution in [-0.4, -0.2) is 23.4 Å². The van der Waals surface area contributed by atoms with Crippen LogP contribution in [0, 0.1) is 5.92 Å². The molecule has 0 aromatic heterocycles. The van der Waals surface area contributed by atoms with Gasteiger partial charge in [-0.15, -0.1) is 6.58 Å². The highest BCUT2D eigenvalue weighted by molar-refractivity contribution is 4.99. The third-order valence-electron chi connectivity index (χ3n) is 2.67. The Morgan fingerprint density at radius 2 is 2.00 bits per heavy atom. The topological polar surface area (TPSA) is 29.5 Å². The smallest absolute Gasteiger partial charge is 0.101 e. The quantitative estimate of drug-likeness (QED) is 0.645. The van der Waals surface area contributed by atoms with Crippen molar-refractivity contribution in [2.75, 3.05) is 6.61 Å². The van der Waals surface area contributed by atoms with Crippen LogP contribution >= 0.6 is 0 Å². The Morgan fingerprint density at radius 3 is 2.23 bits per heavy atom. The van der Waals surface area contributed by atoms with E-state index in [0.29, 0.717) is 6.61 Å². The molecule has 0 aliphatic carbocycles. The van der Waals surface area contributed by atoms with Crippen molar-refractivity contribution in [1.29, 1.82) is 0 Å². The number of aliphatic hydroxyl groups excluding tert-OH is 1. The van der Waals surface area contributed by atoms with Gasteiger partial charge in [-0.3, -0.25) is 0 Å². The van der Waals surface area contributed by atoms with Gasteiger partial charge in [-0.1, -0.05) is 26.8 Å². The zero-order valence-corrected chi connectivity index (χ0v) is 9.21. The predicted octanol–water partition coefficient (Wildman–Crippen LogP) is 2.37. The van der Waals surface area contributed by atoms with Crippen LogP contribution in [-0.2, 0) is 4.74 Å². The third kappa shape index (κ3) is 2.55. The van der Waals surface area contributed by atoms with Crippen molar-refractivity contribution in [3.05, 3.63) is 12.7 Å². The molecule has 0 aliphatic rings. The lowest BCUT2D eigenvalue weighted by Crippen LogP contribution is -2.48. The van der Waals surface area contributed by atoms with E-state index < -0.39 is 11.7 Å². The first-order valence-corrected chi connectivity index (χ1v) is 4.99. The third-order valence-corrected chi connectivity index (χ3v) is 2.67. The molecule has 0 amide bonds. The largest absolute Gasteiger partial charge is 0.386 e. The summed E-state index contributed by atoms with van der Waals surface area (Å²) in [7, 11) is 0. The molecule has 0 rings (SSSR count). The summed E-state index contributed by atoms with van der Waals surface area (Å²) < 4.78 is 5.67. The molecular weight excluding hydrogens is 164 g/mol. The molecule has 13 heavy (non-hydrogen) atoms. The summed E-state index contributed by atoms with van der Waals surface area (Å²) in [5.74, 6) is 0.283. The van der Waals surface area contributed by atoms with E-state index in [1.165, 1.54) is 0 Å². The van der Waals surface area contributed by atoms with Crippen molar-refractivity contribution in [2.24, 2.45) is 5.92 Å². The maximum absolute atomic E-state index is 9.83. The van der Waals surface area contributed by atoms with E-state index in [-0.39, 0.29) is 5.92 Å². The van der Waals surface area contributed by atoms with Crippen LogP contribution in [0.2, 0.25) is 0 Å². The molecule has 0 spiro atoms. The molecular formula is C11H22O2. The minimum atomic E-state index is -0.586. The summed E-state index contributed by atoms with van der Waals surface area (Å²) in [6.07, 6.45) is 1.77. The van der Waals surface area contributed by atoms with Gasteiger partial charge in [0.15, 0.2) is 0 Å². The highest BCUT2D eigenvalue weighted by Crippen LogP contribution is 2.30. The summed E-state index contributed by atoms with van der Waals surface area (Å²) in [6, 6.07) is 0. The molecule has 0 saturated carbocycles. The van der Waals surface area contributed by atoms with E-state index >= 15 is 0 Å². The van der Waals surface area contributed by atoms with Crippen LogP contribution in [0.3, 0.4) is 0 Å². The molecule has 2 heteroatoms. The second kappa shape index (κ2) is 5.40. The molecule has 0 saturated heterocycles. The van der Waals surface area contributed by atoms with Crippen molar-refractivity contribution in [3.8, 4) is 0 Å². The fraction of sp³-hybridized carbons (Fsp3) is 0.818. The fourth-order valence-corrected chi connectivity index (χ4v) is 1.78. The summed E-state index contributed by atoms with van der Waals surface area (Å²) in [6.45, 7) is 12.3. The normalized spacial score (nSPS) is 18.3. The van der Waals surface area contributed by atoms with Gasteiger partial charge in [-0.25, -0.2) is 0 Å². The Kier molecular flexibility index (Phi) is 5.26. The standard InChI is InChI=1S/C11H22O2/c1-6-10(12)11(7-2,9(4)5)13-8-3/h6,9-10,12H,1,7-8H2,2-5H3. The van der Waals surface area contributed by atoms with Gasteiger partial charge in [-0.2, -0.15) is 0 Å². The second-order valence-corrected chi connectivity index (χ2v) is 3.58. The van der Waals surface area contributed by atoms with E-state index in [4.69, 9.17) is 4.74 Å². The first kappa shape index (κ1) is 12.7. The second-order valence-electron chi connectivity index (χ2n) is 3.58. The highest BCUT2D eigenvalue weighted by atomic mass is 16.5. The van der Waals surface area contributed by atoms with E-state index in [2.05, 4.69) is 20.4 Å². The summed E-state index contributed by atoms with van der Waals surface area (Å²) >= 11 is 0. The van der Waals surface area contributed by atoms with E-state index in [1.54, 1.807) is 6.08 Å². The van der Waals surface area contributed by atoms with Gasteiger partial charge in [-0.05, 0) is 19.3 Å². The van der Waals surface area contributed by atoms with Gasteiger partial charge >= 0.3 is 0 Å². The molecule has 78 valence electrons. The average Bonchev–Trinajstić information content (AvgIpc) is 2.12. The van der Waals surface area contributed by atoms with Gasteiger partial charge in [0.1, 0.15) is 6.10 Å². The van der Waals surface area contributed by atoms with E-state index in [9.17, 15) is 5.11 Å². The van der Waals surface area contributed by atoms with Gasteiger partial charge < -0.3 is 9.84 Å². The Bertz CT molecular complexity index is 154. The maximum atomic E-state index is 9.83. The van der Waals surface area contributed by atoms with E-state index in [1.807, 2.05) is 13.8 Å². The van der Waals surface area contributed by atoms with Crippen LogP contribution < -0.4 is 0 Å². The Morgan fingerprint density at radius 1 is 1.46 bits per heavy atom. The zero-order valence-electron chi connectivity index (χ0n) is 9.21. The molecule has 0 radical (unpaired) electrons. The molecule has 0 aliphatic heterocycles. The minimum Gasteiger partial charge on any atom is -0.386 e. The highest BCUT2D eigenvalue weighted by Gasteiger charge is 2.38. The fourth-order valence-electron chi connectivity index (χ4n) is 1.78. The van der Waals surface area contributed by atoms with Crippen LogP contribution in [0.15, 0.2) is 12.7 Å². The molecule has 1 N–H and O–H groups in total. The molecule has 0 aromatic rings. The first-order valence-electron chi connectivity index (χ1n) is 4.99. The lowest BCUT2D eigenvalue weighted by atomic mass is 9.82. The van der Waals surface area contributed by atoms with Crippen molar-refractivity contribution < 1.29 is 9.84 Å². The maximum Gasteiger partial charge on any atom is 0.101 e. The Hall–Kier alpha value is -0.340. The molecule has 2 unspecified atom stereocenters. The molecule has 2 nitrogen and oxygen atoms in total. The number of hydrogen-bond donors (Lipinski definition) is 1. The monoisotopic (exact) mass is 186 g/mol. The van der Waals surface area contributed by atoms with Crippen molar-refractivity contribution in [1.82, 2.24) is 0 Å². The lowest BCUT2D eigenvalue weighted by Gasteiger charge is -2.39. The van der Waals surface area contributed by atoms with Gasteiger partial charge in [0.2, 0.25) is 0 Å². The lowest BCUT2D eigenvalue weighted by molar-refractivity contribution is -0.133. The van der Waals surface area contributed by atoms with Crippen molar-refractivity contribution in [3.63, 3.8) is 0 Å². The summed E-state index contributed by atoms with van der Waals surface area (Å²) in [5, 5.41) is 9.83. The number of rotatable bonds is 6. The molecule has 0 aromatic carbocycles. The summed E-state index contributed by atoms with van der Waals surface area (Å²) in [5.41, 5.74) is -0.462. The number of aliphatic hydroxyl groups is 1. The van der Waals surface area contributed by atoms with Crippen molar-refractivity contribution >= 4 is 0 Å². The van der Waals surface area contributed by atoms with Gasteiger partial charge in [0.05, 0.1) is 5.60 Å². The SMILES string of the molecule is C=CC(O)C(CC)(OCC)C(C)C. The Labute approximate surface area is 81.6 Å². The summed E-state index contributed by atoms with van der Waals surface area (Å²) in [4.78, 5) is 0.